The van der Waals surface area contributed by atoms with Crippen molar-refractivity contribution in [3.05, 3.63) is 0 Å². The predicted molar refractivity (Wildman–Crippen MR) is 53.3 cm³/mol. The maximum Gasteiger partial charge on any atom is 0.0866 e. The highest BCUT2D eigenvalue weighted by Crippen LogP contribution is 2.02. The van der Waals surface area contributed by atoms with Crippen LogP contribution in [0.5, 0.6) is 0 Å². The van der Waals surface area contributed by atoms with Crippen LogP contribution < -0.4 is 0 Å². The first-order valence-electron chi connectivity index (χ1n) is 5.05. The third-order valence-corrected chi connectivity index (χ3v) is 2.49. The Morgan fingerprint density at radius 2 is 1.14 bits per heavy atom. The highest BCUT2D eigenvalue weighted by atomic mass is 15.2. The van der Waals surface area contributed by atoms with Gasteiger partial charge < -0.3 is 0 Å². The molecule has 0 saturated carbocycles. The van der Waals surface area contributed by atoms with Crippen LogP contribution in [0.1, 0.15) is 12.8 Å². The molecule has 0 bridgehead atoms. The molecule has 1 aliphatic rings. The van der Waals surface area contributed by atoms with Crippen LogP contribution in [0.25, 0.3) is 0 Å². The zero-order valence-electron chi connectivity index (χ0n) is 8.45. The van der Waals surface area contributed by atoms with Crippen molar-refractivity contribution in [2.24, 2.45) is 0 Å². The molecule has 0 aromatic rings. The molecule has 1 fully saturated rings. The molecule has 14 heavy (non-hydrogen) atoms. The van der Waals surface area contributed by atoms with E-state index < -0.39 is 0 Å². The summed E-state index contributed by atoms with van der Waals surface area (Å²) >= 11 is 0. The maximum atomic E-state index is 8.57. The molecule has 76 valence electrons. The molecule has 0 atom stereocenters. The SMILES string of the molecule is N#CCN1CCCN(CC#N)CCC1. The Kier molecular flexibility index (Phi) is 4.99. The summed E-state index contributed by atoms with van der Waals surface area (Å²) in [6.07, 6.45) is 2.12. The van der Waals surface area contributed by atoms with Crippen molar-refractivity contribution in [1.29, 1.82) is 10.5 Å². The molecule has 1 saturated heterocycles. The Morgan fingerprint density at radius 1 is 0.786 bits per heavy atom. The summed E-state index contributed by atoms with van der Waals surface area (Å²) < 4.78 is 0. The van der Waals surface area contributed by atoms with Gasteiger partial charge in [0.05, 0.1) is 25.2 Å². The van der Waals surface area contributed by atoms with E-state index in [0.29, 0.717) is 13.1 Å². The second-order valence-corrected chi connectivity index (χ2v) is 3.58. The molecular formula is C10H16N4. The van der Waals surface area contributed by atoms with Crippen molar-refractivity contribution >= 4 is 0 Å². The predicted octanol–water partition coefficient (Wildman–Crippen LogP) is 0.431. The van der Waals surface area contributed by atoms with E-state index in [0.717, 1.165) is 39.0 Å². The third-order valence-electron chi connectivity index (χ3n) is 2.49. The quantitative estimate of drug-likeness (QED) is 0.595. The van der Waals surface area contributed by atoms with E-state index in [1.807, 2.05) is 0 Å². The molecule has 4 heteroatoms. The van der Waals surface area contributed by atoms with Gasteiger partial charge in [0.1, 0.15) is 0 Å². The molecule has 0 unspecified atom stereocenters. The minimum absolute atomic E-state index is 0.540. The van der Waals surface area contributed by atoms with Gasteiger partial charge in [-0.05, 0) is 12.8 Å². The van der Waals surface area contributed by atoms with E-state index in [1.54, 1.807) is 0 Å². The van der Waals surface area contributed by atoms with E-state index in [4.69, 9.17) is 10.5 Å². The van der Waals surface area contributed by atoms with Gasteiger partial charge in [-0.25, -0.2) is 0 Å². The van der Waals surface area contributed by atoms with E-state index >= 15 is 0 Å². The summed E-state index contributed by atoms with van der Waals surface area (Å²) in [5.41, 5.74) is 0. The monoisotopic (exact) mass is 192 g/mol. The van der Waals surface area contributed by atoms with Gasteiger partial charge in [0.15, 0.2) is 0 Å². The Hall–Kier alpha value is -1.10. The standard InChI is InChI=1S/C10H16N4/c11-3-9-13-5-1-6-14(10-4-12)8-2-7-13/h1-2,5-10H2. The number of hydrogen-bond acceptors (Lipinski definition) is 4. The highest BCUT2D eigenvalue weighted by molar-refractivity contribution is 4.81. The van der Waals surface area contributed by atoms with Crippen molar-refractivity contribution in [3.8, 4) is 12.1 Å². The number of nitrogens with zero attached hydrogens (tertiary/aromatic N) is 4. The average Bonchev–Trinajstić information content (AvgIpc) is 2.13. The van der Waals surface area contributed by atoms with Crippen molar-refractivity contribution < 1.29 is 0 Å². The summed E-state index contributed by atoms with van der Waals surface area (Å²) in [4.78, 5) is 4.37. The molecule has 0 aromatic heterocycles. The Morgan fingerprint density at radius 3 is 1.43 bits per heavy atom. The fourth-order valence-corrected chi connectivity index (χ4v) is 1.78. The van der Waals surface area contributed by atoms with Crippen molar-refractivity contribution in [1.82, 2.24) is 9.80 Å². The van der Waals surface area contributed by atoms with Gasteiger partial charge in [-0.15, -0.1) is 0 Å². The molecule has 1 heterocycles. The molecule has 0 aromatic carbocycles. The van der Waals surface area contributed by atoms with E-state index in [2.05, 4.69) is 21.9 Å². The molecule has 4 nitrogen and oxygen atoms in total. The fraction of sp³-hybridized carbons (Fsp3) is 0.800. The number of rotatable bonds is 2. The second kappa shape index (κ2) is 6.37. The second-order valence-electron chi connectivity index (χ2n) is 3.58. The molecule has 0 radical (unpaired) electrons. The molecule has 1 rings (SSSR count). The normalized spacial score (nSPS) is 20.4. The van der Waals surface area contributed by atoms with Gasteiger partial charge in [0.2, 0.25) is 0 Å². The Labute approximate surface area is 85.3 Å². The Balaban J connectivity index is 2.29. The topological polar surface area (TPSA) is 54.1 Å². The van der Waals surface area contributed by atoms with Crippen LogP contribution in [0.3, 0.4) is 0 Å². The first-order chi connectivity index (χ1) is 6.86. The van der Waals surface area contributed by atoms with E-state index in [-0.39, 0.29) is 0 Å². The molecular weight excluding hydrogens is 176 g/mol. The number of nitriles is 2. The smallest absolute Gasteiger partial charge is 0.0866 e. The third kappa shape index (κ3) is 3.74. The summed E-state index contributed by atoms with van der Waals surface area (Å²) in [6.45, 7) is 5.01. The highest BCUT2D eigenvalue weighted by Gasteiger charge is 2.11. The van der Waals surface area contributed by atoms with Gasteiger partial charge in [-0.2, -0.15) is 10.5 Å². The summed E-state index contributed by atoms with van der Waals surface area (Å²) in [7, 11) is 0. The molecule has 0 amide bonds. The van der Waals surface area contributed by atoms with E-state index in [9.17, 15) is 0 Å². The van der Waals surface area contributed by atoms with Crippen LogP contribution in [0, 0.1) is 22.7 Å². The largest absolute Gasteiger partial charge is 0.290 e. The van der Waals surface area contributed by atoms with Gasteiger partial charge in [-0.3, -0.25) is 9.80 Å². The first kappa shape index (κ1) is 11.0. The molecule has 0 N–H and O–H groups in total. The zero-order chi connectivity index (χ0) is 10.2. The van der Waals surface area contributed by atoms with Crippen LogP contribution in [0.4, 0.5) is 0 Å². The summed E-state index contributed by atoms with van der Waals surface area (Å²) in [5.74, 6) is 0. The first-order valence-corrected chi connectivity index (χ1v) is 5.05. The lowest BCUT2D eigenvalue weighted by Gasteiger charge is -2.27. The van der Waals surface area contributed by atoms with Crippen LogP contribution in [-0.4, -0.2) is 49.1 Å². The maximum absolute atomic E-state index is 8.57. The van der Waals surface area contributed by atoms with Crippen molar-refractivity contribution in [2.45, 2.75) is 12.8 Å². The lowest BCUT2D eigenvalue weighted by molar-refractivity contribution is 0.206. The summed E-state index contributed by atoms with van der Waals surface area (Å²) in [6, 6.07) is 4.36. The molecule has 0 aliphatic carbocycles. The zero-order valence-corrected chi connectivity index (χ0v) is 8.45. The fourth-order valence-electron chi connectivity index (χ4n) is 1.78. The van der Waals surface area contributed by atoms with Crippen molar-refractivity contribution in [2.75, 3.05) is 39.3 Å². The minimum atomic E-state index is 0.540. The Bertz CT molecular complexity index is 203. The van der Waals surface area contributed by atoms with Gasteiger partial charge in [0.25, 0.3) is 0 Å². The molecule has 0 spiro atoms. The lowest BCUT2D eigenvalue weighted by Crippen LogP contribution is -2.37. The van der Waals surface area contributed by atoms with Gasteiger partial charge in [-0.1, -0.05) is 0 Å². The van der Waals surface area contributed by atoms with Crippen LogP contribution in [-0.2, 0) is 0 Å². The van der Waals surface area contributed by atoms with E-state index in [1.165, 1.54) is 0 Å². The summed E-state index contributed by atoms with van der Waals surface area (Å²) in [5, 5.41) is 17.1. The average molecular weight is 192 g/mol. The van der Waals surface area contributed by atoms with Crippen LogP contribution in [0.15, 0.2) is 0 Å². The minimum Gasteiger partial charge on any atom is -0.290 e. The van der Waals surface area contributed by atoms with Crippen LogP contribution in [0.2, 0.25) is 0 Å². The number of hydrogen-bond donors (Lipinski definition) is 0. The van der Waals surface area contributed by atoms with Gasteiger partial charge in [0, 0.05) is 26.2 Å². The van der Waals surface area contributed by atoms with Crippen LogP contribution >= 0.6 is 0 Å². The van der Waals surface area contributed by atoms with Crippen molar-refractivity contribution in [3.63, 3.8) is 0 Å². The molecule has 1 aliphatic heterocycles. The lowest BCUT2D eigenvalue weighted by atomic mass is 10.2. The van der Waals surface area contributed by atoms with Gasteiger partial charge >= 0.3 is 0 Å².